The maximum absolute atomic E-state index is 5.99. The highest BCUT2D eigenvalue weighted by atomic mass is 16.5. The molecule has 0 amide bonds. The fourth-order valence-corrected chi connectivity index (χ4v) is 1.45. The first kappa shape index (κ1) is 9.15. The lowest BCUT2D eigenvalue weighted by Gasteiger charge is -2.12. The van der Waals surface area contributed by atoms with Gasteiger partial charge in [0.1, 0.15) is 17.6 Å². The van der Waals surface area contributed by atoms with Crippen molar-refractivity contribution in [2.24, 2.45) is 5.73 Å². The topological polar surface area (TPSA) is 61.0 Å². The molecule has 0 fully saturated rings. The van der Waals surface area contributed by atoms with Gasteiger partial charge in [-0.1, -0.05) is 0 Å². The van der Waals surface area contributed by atoms with E-state index >= 15 is 0 Å². The number of aryl methyl sites for hydroxylation is 1. The quantitative estimate of drug-likeness (QED) is 0.760. The monoisotopic (exact) mass is 191 g/mol. The summed E-state index contributed by atoms with van der Waals surface area (Å²) < 4.78 is 5.38. The normalized spacial score (nSPS) is 17.4. The molecule has 0 saturated heterocycles. The van der Waals surface area contributed by atoms with E-state index in [1.165, 1.54) is 0 Å². The van der Waals surface area contributed by atoms with Crippen LogP contribution in [0.4, 0.5) is 0 Å². The van der Waals surface area contributed by atoms with Gasteiger partial charge in [-0.2, -0.15) is 0 Å². The molecule has 2 N–H and O–H groups in total. The first-order valence-corrected chi connectivity index (χ1v) is 4.65. The number of nitrogens with two attached hydrogens (primary N) is 1. The third-order valence-corrected chi connectivity index (χ3v) is 2.15. The van der Waals surface area contributed by atoms with E-state index in [0.29, 0.717) is 0 Å². The van der Waals surface area contributed by atoms with Gasteiger partial charge in [0.15, 0.2) is 0 Å². The molecular weight excluding hydrogens is 178 g/mol. The molecule has 2 rings (SSSR count). The van der Waals surface area contributed by atoms with Gasteiger partial charge in [-0.15, -0.1) is 0 Å². The summed E-state index contributed by atoms with van der Waals surface area (Å²) >= 11 is 0. The average Bonchev–Trinajstić information content (AvgIpc) is 2.69. The third kappa shape index (κ3) is 1.75. The lowest BCUT2D eigenvalue weighted by atomic mass is 10.1. The molecule has 0 saturated carbocycles. The lowest BCUT2D eigenvalue weighted by Crippen LogP contribution is -2.15. The lowest BCUT2D eigenvalue weighted by molar-refractivity contribution is 0.224. The fourth-order valence-electron chi connectivity index (χ4n) is 1.45. The zero-order chi connectivity index (χ0) is 9.97. The molecule has 1 aromatic rings. The van der Waals surface area contributed by atoms with E-state index < -0.39 is 0 Å². The van der Waals surface area contributed by atoms with E-state index in [4.69, 9.17) is 10.5 Å². The first-order chi connectivity index (χ1) is 6.77. The largest absolute Gasteiger partial charge is 0.496 e. The van der Waals surface area contributed by atoms with Gasteiger partial charge < -0.3 is 10.5 Å². The summed E-state index contributed by atoms with van der Waals surface area (Å²) in [5, 5.41) is 0. The minimum absolute atomic E-state index is 0.251. The Kier molecular flexibility index (Phi) is 2.45. The molecule has 0 aliphatic carbocycles. The maximum atomic E-state index is 5.99. The van der Waals surface area contributed by atoms with Crippen molar-refractivity contribution in [2.45, 2.75) is 19.4 Å². The molecule has 1 aromatic heterocycles. The van der Waals surface area contributed by atoms with Crippen LogP contribution in [0.15, 0.2) is 24.1 Å². The Labute approximate surface area is 82.8 Å². The molecule has 4 heteroatoms. The zero-order valence-electron chi connectivity index (χ0n) is 8.10. The smallest absolute Gasteiger partial charge is 0.125 e. The highest BCUT2D eigenvalue weighted by molar-refractivity contribution is 5.18. The minimum atomic E-state index is -0.251. The van der Waals surface area contributed by atoms with Crippen LogP contribution in [0.1, 0.15) is 24.0 Å². The Hall–Kier alpha value is -1.42. The molecule has 14 heavy (non-hydrogen) atoms. The van der Waals surface area contributed by atoms with Crippen LogP contribution >= 0.6 is 0 Å². The van der Waals surface area contributed by atoms with Gasteiger partial charge in [-0.3, -0.25) is 0 Å². The molecule has 4 nitrogen and oxygen atoms in total. The van der Waals surface area contributed by atoms with Crippen molar-refractivity contribution in [1.82, 2.24) is 9.97 Å². The van der Waals surface area contributed by atoms with Crippen LogP contribution in [0, 0.1) is 6.92 Å². The molecule has 0 spiro atoms. The average molecular weight is 191 g/mol. The number of hydrogen-bond acceptors (Lipinski definition) is 4. The third-order valence-electron chi connectivity index (χ3n) is 2.15. The van der Waals surface area contributed by atoms with Crippen molar-refractivity contribution >= 4 is 0 Å². The number of hydrogen-bond donors (Lipinski definition) is 1. The fraction of sp³-hybridized carbons (Fsp3) is 0.400. The zero-order valence-corrected chi connectivity index (χ0v) is 8.10. The predicted octanol–water partition coefficient (Wildman–Crippen LogP) is 1.09. The Balaban J connectivity index is 2.22. The van der Waals surface area contributed by atoms with Gasteiger partial charge in [0.2, 0.25) is 0 Å². The van der Waals surface area contributed by atoms with Crippen molar-refractivity contribution in [1.29, 1.82) is 0 Å². The molecule has 2 heterocycles. The van der Waals surface area contributed by atoms with E-state index in [0.717, 1.165) is 30.3 Å². The van der Waals surface area contributed by atoms with Gasteiger partial charge in [-0.25, -0.2) is 9.97 Å². The van der Waals surface area contributed by atoms with E-state index in [1.807, 2.05) is 19.1 Å². The van der Waals surface area contributed by atoms with Crippen LogP contribution < -0.4 is 5.73 Å². The first-order valence-electron chi connectivity index (χ1n) is 4.65. The number of nitrogens with zero attached hydrogens (tertiary/aromatic N) is 2. The molecule has 1 atom stereocenters. The number of ether oxygens (including phenoxy) is 1. The summed E-state index contributed by atoms with van der Waals surface area (Å²) in [7, 11) is 0. The molecule has 74 valence electrons. The summed E-state index contributed by atoms with van der Waals surface area (Å²) in [6, 6.07) is 1.57. The summed E-state index contributed by atoms with van der Waals surface area (Å²) in [4.78, 5) is 8.28. The summed E-state index contributed by atoms with van der Waals surface area (Å²) in [5.74, 6) is 1.56. The van der Waals surface area contributed by atoms with Crippen LogP contribution in [0.2, 0.25) is 0 Å². The number of aromatic nitrogens is 2. The SMILES string of the molecule is Cc1nccc(C(N)C2=CCCO2)n1. The highest BCUT2D eigenvalue weighted by Crippen LogP contribution is 2.22. The number of rotatable bonds is 2. The molecule has 1 aliphatic heterocycles. The molecule has 0 aromatic carbocycles. The molecular formula is C10H13N3O. The van der Waals surface area contributed by atoms with Gasteiger partial charge in [-0.05, 0) is 19.1 Å². The Bertz CT molecular complexity index is 362. The van der Waals surface area contributed by atoms with Crippen LogP contribution in [0.25, 0.3) is 0 Å². The van der Waals surface area contributed by atoms with Gasteiger partial charge in [0.25, 0.3) is 0 Å². The second kappa shape index (κ2) is 3.75. The van der Waals surface area contributed by atoms with E-state index in [1.54, 1.807) is 6.20 Å². The van der Waals surface area contributed by atoms with E-state index in [-0.39, 0.29) is 6.04 Å². The summed E-state index contributed by atoms with van der Waals surface area (Å²) in [5.41, 5.74) is 6.80. The van der Waals surface area contributed by atoms with Crippen LogP contribution in [-0.2, 0) is 4.74 Å². The Morgan fingerprint density at radius 2 is 2.43 bits per heavy atom. The highest BCUT2D eigenvalue weighted by Gasteiger charge is 2.17. The molecule has 0 radical (unpaired) electrons. The Morgan fingerprint density at radius 3 is 3.07 bits per heavy atom. The van der Waals surface area contributed by atoms with Crippen LogP contribution in [-0.4, -0.2) is 16.6 Å². The van der Waals surface area contributed by atoms with Crippen molar-refractivity contribution in [3.63, 3.8) is 0 Å². The van der Waals surface area contributed by atoms with Gasteiger partial charge in [0, 0.05) is 12.6 Å². The van der Waals surface area contributed by atoms with Gasteiger partial charge >= 0.3 is 0 Å². The van der Waals surface area contributed by atoms with E-state index in [2.05, 4.69) is 9.97 Å². The van der Waals surface area contributed by atoms with Crippen LogP contribution in [0.3, 0.4) is 0 Å². The second-order valence-corrected chi connectivity index (χ2v) is 3.25. The summed E-state index contributed by atoms with van der Waals surface area (Å²) in [6.45, 7) is 2.58. The second-order valence-electron chi connectivity index (χ2n) is 3.25. The van der Waals surface area contributed by atoms with Crippen molar-refractivity contribution in [3.8, 4) is 0 Å². The van der Waals surface area contributed by atoms with E-state index in [9.17, 15) is 0 Å². The summed E-state index contributed by atoms with van der Waals surface area (Å²) in [6.07, 6.45) is 4.67. The molecule has 1 aliphatic rings. The Morgan fingerprint density at radius 1 is 1.57 bits per heavy atom. The predicted molar refractivity (Wildman–Crippen MR) is 52.3 cm³/mol. The van der Waals surface area contributed by atoms with Crippen LogP contribution in [0.5, 0.6) is 0 Å². The van der Waals surface area contributed by atoms with Gasteiger partial charge in [0.05, 0.1) is 12.3 Å². The van der Waals surface area contributed by atoms with Crippen molar-refractivity contribution in [2.75, 3.05) is 6.61 Å². The molecule has 0 bridgehead atoms. The van der Waals surface area contributed by atoms with Crippen molar-refractivity contribution in [3.05, 3.63) is 35.6 Å². The standard InChI is InChI=1S/C10H13N3O/c1-7-12-5-4-8(13-7)10(11)9-3-2-6-14-9/h3-5,10H,2,6,11H2,1H3. The van der Waals surface area contributed by atoms with Crippen molar-refractivity contribution < 1.29 is 4.74 Å². The minimum Gasteiger partial charge on any atom is -0.496 e. The molecule has 1 unspecified atom stereocenters. The maximum Gasteiger partial charge on any atom is 0.125 e.